The lowest BCUT2D eigenvalue weighted by Crippen LogP contribution is -2.05. The van der Waals surface area contributed by atoms with Gasteiger partial charge in [0.1, 0.15) is 12.2 Å². The van der Waals surface area contributed by atoms with Gasteiger partial charge < -0.3 is 9.47 Å². The number of carbonyl (C=O) groups is 2. The van der Waals surface area contributed by atoms with Crippen LogP contribution >= 0.6 is 0 Å². The van der Waals surface area contributed by atoms with Crippen molar-refractivity contribution in [1.29, 1.82) is 0 Å². The van der Waals surface area contributed by atoms with E-state index in [0.29, 0.717) is 0 Å². The maximum Gasteiger partial charge on any atom is 0.352 e. The molecule has 0 spiro atoms. The first-order valence-electron chi connectivity index (χ1n) is 4.12. The van der Waals surface area contributed by atoms with Crippen LogP contribution in [0.5, 0.6) is 0 Å². The van der Waals surface area contributed by atoms with Crippen LogP contribution in [0.25, 0.3) is 0 Å². The van der Waals surface area contributed by atoms with Gasteiger partial charge in [-0.15, -0.1) is 0 Å². The number of ether oxygens (including phenoxy) is 2. The maximum absolute atomic E-state index is 11.2. The summed E-state index contributed by atoms with van der Waals surface area (Å²) in [7, 11) is 0. The lowest BCUT2D eigenvalue weighted by Gasteiger charge is -2.00. The van der Waals surface area contributed by atoms with Crippen molar-refractivity contribution in [3.8, 4) is 25.1 Å². The smallest absolute Gasteiger partial charge is 0.352 e. The Morgan fingerprint density at radius 2 is 1.44 bits per heavy atom. The van der Waals surface area contributed by atoms with Crippen molar-refractivity contribution < 1.29 is 19.1 Å². The molecule has 0 aliphatic rings. The van der Waals surface area contributed by atoms with Crippen LogP contribution in [0.1, 0.15) is 20.7 Å². The summed E-state index contributed by atoms with van der Waals surface area (Å²) >= 11 is 0. The highest BCUT2D eigenvalue weighted by Gasteiger charge is 2.11. The van der Waals surface area contributed by atoms with Gasteiger partial charge in [0, 0.05) is 0 Å². The zero-order chi connectivity index (χ0) is 12.0. The summed E-state index contributed by atoms with van der Waals surface area (Å²) in [6, 6.07) is 5.66. The van der Waals surface area contributed by atoms with E-state index in [1.54, 1.807) is 12.2 Å². The van der Waals surface area contributed by atoms with E-state index in [-0.39, 0.29) is 11.1 Å². The van der Waals surface area contributed by atoms with Crippen molar-refractivity contribution in [2.45, 2.75) is 0 Å². The zero-order valence-corrected chi connectivity index (χ0v) is 8.10. The van der Waals surface area contributed by atoms with Crippen molar-refractivity contribution in [1.82, 2.24) is 0 Å². The Bertz CT molecular complexity index is 459. The standard InChI is InChI=1S/C12H6O4/c1-3-15-11(13)9-6-5-7-10(8-9)12(14)16-4-2/h1-2,5-8H. The van der Waals surface area contributed by atoms with Gasteiger partial charge >= 0.3 is 11.9 Å². The summed E-state index contributed by atoms with van der Waals surface area (Å²) in [5.41, 5.74) is 0.286. The van der Waals surface area contributed by atoms with Gasteiger partial charge in [0.2, 0.25) is 0 Å². The van der Waals surface area contributed by atoms with E-state index in [1.165, 1.54) is 24.3 Å². The van der Waals surface area contributed by atoms with E-state index in [1.807, 2.05) is 0 Å². The molecular formula is C12H6O4. The van der Waals surface area contributed by atoms with Gasteiger partial charge in [0.05, 0.1) is 11.1 Å². The van der Waals surface area contributed by atoms with Crippen LogP contribution in [-0.2, 0) is 9.47 Å². The van der Waals surface area contributed by atoms with E-state index in [0.717, 1.165) is 0 Å². The number of hydrogen-bond donors (Lipinski definition) is 0. The maximum atomic E-state index is 11.2. The minimum Gasteiger partial charge on any atom is -0.369 e. The molecule has 1 aromatic carbocycles. The monoisotopic (exact) mass is 214 g/mol. The zero-order valence-electron chi connectivity index (χ0n) is 8.10. The third-order valence-corrected chi connectivity index (χ3v) is 1.64. The second kappa shape index (κ2) is 5.23. The first-order chi connectivity index (χ1) is 7.69. The van der Waals surface area contributed by atoms with Crippen LogP contribution in [0.4, 0.5) is 0 Å². The highest BCUT2D eigenvalue weighted by atomic mass is 16.5. The first kappa shape index (κ1) is 11.4. The molecule has 1 rings (SSSR count). The second-order valence-corrected chi connectivity index (χ2v) is 2.60. The SMILES string of the molecule is C#COC(=O)c1cccc(C(=O)OC#C)c1. The molecule has 78 valence electrons. The van der Waals surface area contributed by atoms with Crippen molar-refractivity contribution >= 4 is 11.9 Å². The quantitative estimate of drug-likeness (QED) is 0.548. The Kier molecular flexibility index (Phi) is 3.71. The fourth-order valence-corrected chi connectivity index (χ4v) is 0.998. The van der Waals surface area contributed by atoms with Crippen molar-refractivity contribution in [3.05, 3.63) is 35.4 Å². The third kappa shape index (κ3) is 2.63. The molecule has 1 aromatic rings. The number of hydrogen-bond acceptors (Lipinski definition) is 4. The molecule has 0 aliphatic carbocycles. The van der Waals surface area contributed by atoms with Crippen molar-refractivity contribution in [3.63, 3.8) is 0 Å². The molecule has 0 radical (unpaired) electrons. The van der Waals surface area contributed by atoms with Crippen LogP contribution < -0.4 is 0 Å². The van der Waals surface area contributed by atoms with Gasteiger partial charge in [0.15, 0.2) is 0 Å². The summed E-state index contributed by atoms with van der Waals surface area (Å²) in [4.78, 5) is 22.4. The molecule has 0 saturated carbocycles. The molecule has 0 amide bonds. The summed E-state index contributed by atoms with van der Waals surface area (Å²) in [5, 5.41) is 0. The number of terminal acetylenes is 2. The lowest BCUT2D eigenvalue weighted by molar-refractivity contribution is 0.0691. The van der Waals surface area contributed by atoms with Gasteiger partial charge in [-0.3, -0.25) is 0 Å². The largest absolute Gasteiger partial charge is 0.369 e. The van der Waals surface area contributed by atoms with Gasteiger partial charge in [0.25, 0.3) is 0 Å². The molecule has 0 aromatic heterocycles. The molecule has 0 fully saturated rings. The average Bonchev–Trinajstić information content (AvgIpc) is 2.30. The van der Waals surface area contributed by atoms with Crippen LogP contribution in [0.3, 0.4) is 0 Å². The van der Waals surface area contributed by atoms with Gasteiger partial charge in [-0.1, -0.05) is 18.9 Å². The summed E-state index contributed by atoms with van der Waals surface area (Å²) in [5.74, 6) is -1.45. The summed E-state index contributed by atoms with van der Waals surface area (Å²) in [6.45, 7) is 0. The van der Waals surface area contributed by atoms with Gasteiger partial charge in [-0.2, -0.15) is 0 Å². The number of carbonyl (C=O) groups excluding carboxylic acids is 2. The Hall–Kier alpha value is -2.72. The highest BCUT2D eigenvalue weighted by Crippen LogP contribution is 2.08. The predicted molar refractivity (Wildman–Crippen MR) is 54.9 cm³/mol. The van der Waals surface area contributed by atoms with Crippen LogP contribution in [0, 0.1) is 25.1 Å². The van der Waals surface area contributed by atoms with Crippen LogP contribution in [-0.4, -0.2) is 11.9 Å². The third-order valence-electron chi connectivity index (χ3n) is 1.64. The molecule has 0 saturated heterocycles. The number of rotatable bonds is 2. The van der Waals surface area contributed by atoms with E-state index in [4.69, 9.17) is 12.8 Å². The Morgan fingerprint density at radius 1 is 1.00 bits per heavy atom. The minimum atomic E-state index is -0.724. The summed E-state index contributed by atoms with van der Waals surface area (Å²) in [6.07, 6.45) is 13.1. The molecule has 0 heterocycles. The van der Waals surface area contributed by atoms with Crippen LogP contribution in [0.2, 0.25) is 0 Å². The Labute approximate surface area is 92.2 Å². The Morgan fingerprint density at radius 3 is 1.81 bits per heavy atom. The fraction of sp³-hybridized carbons (Fsp3) is 0. The number of esters is 2. The second-order valence-electron chi connectivity index (χ2n) is 2.60. The molecule has 4 heteroatoms. The van der Waals surface area contributed by atoms with Crippen molar-refractivity contribution in [2.75, 3.05) is 0 Å². The average molecular weight is 214 g/mol. The van der Waals surface area contributed by atoms with E-state index in [9.17, 15) is 9.59 Å². The van der Waals surface area contributed by atoms with E-state index >= 15 is 0 Å². The van der Waals surface area contributed by atoms with E-state index < -0.39 is 11.9 Å². The first-order valence-corrected chi connectivity index (χ1v) is 4.12. The van der Waals surface area contributed by atoms with Crippen LogP contribution in [0.15, 0.2) is 24.3 Å². The summed E-state index contributed by atoms with van der Waals surface area (Å²) < 4.78 is 8.64. The lowest BCUT2D eigenvalue weighted by atomic mass is 10.1. The van der Waals surface area contributed by atoms with E-state index in [2.05, 4.69) is 9.47 Å². The topological polar surface area (TPSA) is 52.6 Å². The highest BCUT2D eigenvalue weighted by molar-refractivity contribution is 5.95. The molecule has 4 nitrogen and oxygen atoms in total. The molecule has 0 unspecified atom stereocenters. The number of benzene rings is 1. The minimum absolute atomic E-state index is 0.143. The fourth-order valence-electron chi connectivity index (χ4n) is 0.998. The van der Waals surface area contributed by atoms with Crippen molar-refractivity contribution in [2.24, 2.45) is 0 Å². The van der Waals surface area contributed by atoms with Gasteiger partial charge in [-0.25, -0.2) is 9.59 Å². The molecule has 0 atom stereocenters. The normalized spacial score (nSPS) is 8.38. The predicted octanol–water partition coefficient (Wildman–Crippen LogP) is 1.18. The molecule has 0 N–H and O–H groups in total. The molecule has 16 heavy (non-hydrogen) atoms. The molecule has 0 bridgehead atoms. The molecule has 0 aliphatic heterocycles. The van der Waals surface area contributed by atoms with Gasteiger partial charge in [-0.05, 0) is 18.2 Å². The molecular weight excluding hydrogens is 208 g/mol. The Balaban J connectivity index is 2.97.